The third kappa shape index (κ3) is 5.67. The fraction of sp³-hybridized carbons (Fsp3) is 0.833. The van der Waals surface area contributed by atoms with Crippen LogP contribution < -0.4 is 10.6 Å². The highest BCUT2D eigenvalue weighted by molar-refractivity contribution is 7.91. The van der Waals surface area contributed by atoms with Gasteiger partial charge in [-0.15, -0.1) is 0 Å². The van der Waals surface area contributed by atoms with E-state index in [1.54, 1.807) is 0 Å². The van der Waals surface area contributed by atoms with Crippen LogP contribution in [0.15, 0.2) is 0 Å². The van der Waals surface area contributed by atoms with Crippen LogP contribution >= 0.6 is 0 Å². The molecule has 1 heterocycles. The third-order valence-electron chi connectivity index (χ3n) is 6.10. The molecule has 0 bridgehead atoms. The van der Waals surface area contributed by atoms with E-state index in [-0.39, 0.29) is 43.2 Å². The first-order valence-corrected chi connectivity index (χ1v) is 11.7. The van der Waals surface area contributed by atoms with Crippen molar-refractivity contribution in [3.05, 3.63) is 4.91 Å². The Hall–Kier alpha value is -2.24. The van der Waals surface area contributed by atoms with Crippen LogP contribution in [-0.2, 0) is 28.9 Å². The number of hydrogen-bond donors (Lipinski definition) is 2. The third-order valence-corrected chi connectivity index (χ3v) is 7.81. The van der Waals surface area contributed by atoms with Gasteiger partial charge in [0.05, 0.1) is 25.7 Å². The first-order chi connectivity index (χ1) is 14.0. The molecule has 2 rings (SSSR count). The summed E-state index contributed by atoms with van der Waals surface area (Å²) in [4.78, 5) is 49.1. The van der Waals surface area contributed by atoms with Crippen LogP contribution in [0.2, 0.25) is 0 Å². The van der Waals surface area contributed by atoms with E-state index < -0.39 is 45.3 Å². The maximum absolute atomic E-state index is 13.2. The molecule has 1 saturated heterocycles. The summed E-state index contributed by atoms with van der Waals surface area (Å²) >= 11 is 0. The number of alkyl carbamates (subject to hydrolysis) is 1. The Morgan fingerprint density at radius 2 is 1.60 bits per heavy atom. The van der Waals surface area contributed by atoms with Crippen molar-refractivity contribution in [2.45, 2.75) is 56.1 Å². The summed E-state index contributed by atoms with van der Waals surface area (Å²) in [5, 5.41) is 5.26. The number of carbonyl (C=O) groups excluding carboxylic acids is 3. The minimum Gasteiger partial charge on any atom is -0.467 e. The van der Waals surface area contributed by atoms with Crippen molar-refractivity contribution >= 4 is 27.8 Å². The predicted molar refractivity (Wildman–Crippen MR) is 105 cm³/mol. The van der Waals surface area contributed by atoms with Gasteiger partial charge in [0.25, 0.3) is 0 Å². The summed E-state index contributed by atoms with van der Waals surface area (Å²) in [5.74, 6) is -1.78. The Morgan fingerprint density at radius 1 is 1.03 bits per heavy atom. The highest BCUT2D eigenvalue weighted by Crippen LogP contribution is 2.31. The van der Waals surface area contributed by atoms with Crippen molar-refractivity contribution in [2.75, 3.05) is 32.8 Å². The summed E-state index contributed by atoms with van der Waals surface area (Å²) < 4.78 is 33.8. The molecule has 0 radical (unpaired) electrons. The Balaban J connectivity index is 2.21. The molecule has 0 aromatic heterocycles. The Bertz CT molecular complexity index is 775. The van der Waals surface area contributed by atoms with Crippen molar-refractivity contribution in [2.24, 2.45) is 5.92 Å². The second kappa shape index (κ2) is 9.71. The summed E-state index contributed by atoms with van der Waals surface area (Å²) in [7, 11) is 0.635. The monoisotopic (exact) mass is 448 g/mol. The van der Waals surface area contributed by atoms with Crippen molar-refractivity contribution < 1.29 is 37.0 Å². The number of amides is 2. The zero-order chi connectivity index (χ0) is 22.5. The molecule has 2 aliphatic rings. The average molecular weight is 449 g/mol. The molecule has 170 valence electrons. The van der Waals surface area contributed by atoms with Crippen LogP contribution in [0.5, 0.6) is 0 Å². The number of esters is 1. The second-order valence-corrected chi connectivity index (χ2v) is 10.2. The number of hydrogen-bond acceptors (Lipinski definition) is 8. The van der Waals surface area contributed by atoms with E-state index in [1.165, 1.54) is 21.3 Å². The quantitative estimate of drug-likeness (QED) is 0.423. The highest BCUT2D eigenvalue weighted by Gasteiger charge is 2.48. The molecule has 11 nitrogen and oxygen atoms in total. The van der Waals surface area contributed by atoms with E-state index in [4.69, 9.17) is 4.74 Å². The molecule has 1 aliphatic heterocycles. The lowest BCUT2D eigenvalue weighted by molar-refractivity contribution is -0.562. The topological polar surface area (TPSA) is 148 Å². The SMILES string of the molecule is COC(=O)NC1(C(=O)NC(C(=O)OC)C2CCS(=O)(=O)CC2)CCC([N+](C)=O)CC1. The molecule has 0 aromatic rings. The van der Waals surface area contributed by atoms with Crippen LogP contribution in [0.25, 0.3) is 0 Å². The first-order valence-electron chi connectivity index (χ1n) is 9.89. The van der Waals surface area contributed by atoms with E-state index in [0.717, 1.165) is 4.76 Å². The van der Waals surface area contributed by atoms with Gasteiger partial charge >= 0.3 is 12.1 Å². The van der Waals surface area contributed by atoms with Gasteiger partial charge in [-0.2, -0.15) is 0 Å². The average Bonchev–Trinajstić information content (AvgIpc) is 2.71. The summed E-state index contributed by atoms with van der Waals surface area (Å²) in [5.41, 5.74) is -1.34. The van der Waals surface area contributed by atoms with Crippen LogP contribution in [0.4, 0.5) is 4.79 Å². The smallest absolute Gasteiger partial charge is 0.407 e. The Morgan fingerprint density at radius 3 is 2.07 bits per heavy atom. The maximum atomic E-state index is 13.2. The zero-order valence-corrected chi connectivity index (χ0v) is 18.3. The van der Waals surface area contributed by atoms with Gasteiger partial charge in [0.2, 0.25) is 11.9 Å². The van der Waals surface area contributed by atoms with Crippen molar-refractivity contribution in [3.63, 3.8) is 0 Å². The van der Waals surface area contributed by atoms with Crippen LogP contribution in [0, 0.1) is 10.8 Å². The van der Waals surface area contributed by atoms with Gasteiger partial charge in [-0.25, -0.2) is 18.0 Å². The molecule has 0 aromatic carbocycles. The van der Waals surface area contributed by atoms with E-state index >= 15 is 0 Å². The number of ether oxygens (including phenoxy) is 2. The lowest BCUT2D eigenvalue weighted by Gasteiger charge is -2.38. The molecule has 1 unspecified atom stereocenters. The van der Waals surface area contributed by atoms with Gasteiger partial charge in [-0.05, 0) is 36.4 Å². The minimum atomic E-state index is -3.15. The van der Waals surface area contributed by atoms with Crippen LogP contribution in [0.3, 0.4) is 0 Å². The molecule has 30 heavy (non-hydrogen) atoms. The van der Waals surface area contributed by atoms with Gasteiger partial charge in [-0.3, -0.25) is 4.79 Å². The fourth-order valence-corrected chi connectivity index (χ4v) is 5.66. The van der Waals surface area contributed by atoms with Gasteiger partial charge in [-0.1, -0.05) is 0 Å². The molecular weight excluding hydrogens is 418 g/mol. The van der Waals surface area contributed by atoms with E-state index in [9.17, 15) is 27.7 Å². The zero-order valence-electron chi connectivity index (χ0n) is 17.5. The van der Waals surface area contributed by atoms with Crippen molar-refractivity contribution in [1.29, 1.82) is 0 Å². The highest BCUT2D eigenvalue weighted by atomic mass is 32.2. The lowest BCUT2D eigenvalue weighted by Crippen LogP contribution is -2.64. The number of nitroso groups, excluding NO2 is 1. The first kappa shape index (κ1) is 24.0. The fourth-order valence-electron chi connectivity index (χ4n) is 4.13. The Labute approximate surface area is 175 Å². The Kier molecular flexibility index (Phi) is 7.78. The number of sulfone groups is 1. The van der Waals surface area contributed by atoms with E-state index in [0.29, 0.717) is 12.8 Å². The number of nitrogens with one attached hydrogen (secondary N) is 2. The van der Waals surface area contributed by atoms with Gasteiger partial charge < -0.3 is 20.1 Å². The molecule has 0 spiro atoms. The standard InChI is InChI=1S/C18H29N3O8S/c1-21(25)13-4-8-18(9-5-13,20-17(24)29-3)16(23)19-14(15(22)28-2)12-6-10-30(26,27)11-7-12/h12-14H,4-11H2,1-3H3,(H-,19,20,23,24)/p+1. The van der Waals surface area contributed by atoms with Crippen molar-refractivity contribution in [1.82, 2.24) is 10.6 Å². The molecule has 2 N–H and O–H groups in total. The van der Waals surface area contributed by atoms with Crippen LogP contribution in [0.1, 0.15) is 38.5 Å². The predicted octanol–water partition coefficient (Wildman–Crippen LogP) is -0.0849. The molecule has 1 aliphatic carbocycles. The molecule has 2 amide bonds. The molecular formula is C18H30N3O8S+. The van der Waals surface area contributed by atoms with E-state index in [1.807, 2.05) is 0 Å². The second-order valence-electron chi connectivity index (χ2n) is 7.94. The normalized spacial score (nSPS) is 27.4. The molecule has 2 fully saturated rings. The van der Waals surface area contributed by atoms with E-state index in [2.05, 4.69) is 15.4 Å². The maximum Gasteiger partial charge on any atom is 0.407 e. The molecule has 1 atom stereocenters. The summed E-state index contributed by atoms with van der Waals surface area (Å²) in [6.45, 7) is 0. The van der Waals surface area contributed by atoms with Gasteiger partial charge in [0.15, 0.2) is 7.05 Å². The molecule has 12 heteroatoms. The molecule has 1 saturated carbocycles. The number of rotatable bonds is 6. The van der Waals surface area contributed by atoms with Gasteiger partial charge in [0.1, 0.15) is 21.4 Å². The largest absolute Gasteiger partial charge is 0.467 e. The minimum absolute atomic E-state index is 0.0654. The lowest BCUT2D eigenvalue weighted by atomic mass is 9.78. The number of methoxy groups -OCH3 is 2. The number of carbonyl (C=O) groups is 3. The summed E-state index contributed by atoms with van der Waals surface area (Å²) in [6, 6.07) is -1.31. The number of nitrogens with zero attached hydrogens (tertiary/aromatic N) is 1. The van der Waals surface area contributed by atoms with Gasteiger partial charge in [0, 0.05) is 17.7 Å². The summed E-state index contributed by atoms with van der Waals surface area (Å²) in [6.07, 6.45) is 0.795. The van der Waals surface area contributed by atoms with Crippen molar-refractivity contribution in [3.8, 4) is 0 Å². The van der Waals surface area contributed by atoms with Crippen LogP contribution in [-0.4, -0.2) is 81.5 Å².